The van der Waals surface area contributed by atoms with Gasteiger partial charge < -0.3 is 24.9 Å². The number of carbonyl (C=O) groups is 1. The molecule has 13 heteroatoms. The van der Waals surface area contributed by atoms with Gasteiger partial charge in [0.05, 0.1) is 33.7 Å². The second kappa shape index (κ2) is 9.71. The number of aromatic nitrogens is 4. The maximum Gasteiger partial charge on any atom is 0.416 e. The van der Waals surface area contributed by atoms with Gasteiger partial charge in [-0.15, -0.1) is 0 Å². The molecule has 194 valence electrons. The van der Waals surface area contributed by atoms with Crippen LogP contribution in [0.15, 0.2) is 67.4 Å². The van der Waals surface area contributed by atoms with E-state index in [9.17, 15) is 22.4 Å². The minimum Gasteiger partial charge on any atom is -0.456 e. The standard InChI is InChI=1S/C25H17ClF4N6O2/c1-13-11-36(12-33-13)16-7-14(25(28,29)30)6-15(8-16)34-24(37)35-20-3-2-17(9-19(20)27)38-21-4-5-31-23-22(21)18(26)10-32-23/h2-12H,1H3,(H,31,32)(H2,34,35,37). The summed E-state index contributed by atoms with van der Waals surface area (Å²) in [5.74, 6) is -0.370. The zero-order valence-electron chi connectivity index (χ0n) is 19.4. The fourth-order valence-corrected chi connectivity index (χ4v) is 3.94. The van der Waals surface area contributed by atoms with Crippen LogP contribution in [0.25, 0.3) is 16.7 Å². The number of hydrogen-bond acceptors (Lipinski definition) is 4. The van der Waals surface area contributed by atoms with Crippen molar-refractivity contribution in [2.24, 2.45) is 0 Å². The predicted molar refractivity (Wildman–Crippen MR) is 134 cm³/mol. The lowest BCUT2D eigenvalue weighted by Gasteiger charge is -2.14. The summed E-state index contributed by atoms with van der Waals surface area (Å²) >= 11 is 6.16. The third-order valence-electron chi connectivity index (χ3n) is 5.42. The van der Waals surface area contributed by atoms with E-state index in [2.05, 4.69) is 25.6 Å². The maximum atomic E-state index is 14.8. The first-order valence-corrected chi connectivity index (χ1v) is 11.3. The Kier molecular flexibility index (Phi) is 6.41. The number of nitrogens with zero attached hydrogens (tertiary/aromatic N) is 3. The van der Waals surface area contributed by atoms with Crippen LogP contribution in [0.1, 0.15) is 11.3 Å². The molecule has 0 unspecified atom stereocenters. The van der Waals surface area contributed by atoms with E-state index in [1.807, 2.05) is 0 Å². The SMILES string of the molecule is Cc1cn(-c2cc(NC(=O)Nc3ccc(Oc4ccnc5[nH]cc(Cl)c45)cc3F)cc(C(F)(F)F)c2)cn1. The van der Waals surface area contributed by atoms with Crippen molar-refractivity contribution < 1.29 is 27.1 Å². The number of ether oxygens (including phenoxy) is 1. The molecule has 0 aliphatic carbocycles. The van der Waals surface area contributed by atoms with Crippen LogP contribution in [-0.2, 0) is 6.18 Å². The molecule has 0 bridgehead atoms. The second-order valence-electron chi connectivity index (χ2n) is 8.18. The summed E-state index contributed by atoms with van der Waals surface area (Å²) in [6.45, 7) is 1.69. The van der Waals surface area contributed by atoms with E-state index in [1.165, 1.54) is 35.3 Å². The van der Waals surface area contributed by atoms with Crippen LogP contribution in [0.2, 0.25) is 5.02 Å². The van der Waals surface area contributed by atoms with Crippen LogP contribution in [-0.4, -0.2) is 25.6 Å². The molecule has 0 aliphatic rings. The van der Waals surface area contributed by atoms with Crippen molar-refractivity contribution >= 4 is 40.0 Å². The second-order valence-corrected chi connectivity index (χ2v) is 8.59. The Hall–Kier alpha value is -4.58. The van der Waals surface area contributed by atoms with Gasteiger partial charge in [-0.1, -0.05) is 11.6 Å². The van der Waals surface area contributed by atoms with Crippen molar-refractivity contribution in [2.75, 3.05) is 10.6 Å². The molecule has 3 aromatic heterocycles. The molecule has 0 saturated heterocycles. The lowest BCUT2D eigenvalue weighted by atomic mass is 10.1. The number of fused-ring (bicyclic) bond motifs is 1. The van der Waals surface area contributed by atoms with Crippen LogP contribution >= 0.6 is 11.6 Å². The summed E-state index contributed by atoms with van der Waals surface area (Å²) in [5.41, 5.74) is -0.116. The molecule has 2 aromatic carbocycles. The van der Waals surface area contributed by atoms with Gasteiger partial charge in [0.1, 0.15) is 23.0 Å². The first-order chi connectivity index (χ1) is 18.1. The molecular formula is C25H17ClF4N6O2. The monoisotopic (exact) mass is 544 g/mol. The number of rotatable bonds is 5. The third-order valence-corrected chi connectivity index (χ3v) is 5.71. The van der Waals surface area contributed by atoms with Crippen molar-refractivity contribution in [3.8, 4) is 17.2 Å². The Morgan fingerprint density at radius 2 is 1.92 bits per heavy atom. The van der Waals surface area contributed by atoms with Gasteiger partial charge in [-0.05, 0) is 43.3 Å². The van der Waals surface area contributed by atoms with Crippen molar-refractivity contribution in [1.82, 2.24) is 19.5 Å². The fourth-order valence-electron chi connectivity index (χ4n) is 3.70. The molecule has 5 rings (SSSR count). The number of amides is 2. The van der Waals surface area contributed by atoms with E-state index in [0.717, 1.165) is 18.2 Å². The molecular weight excluding hydrogens is 528 g/mol. The van der Waals surface area contributed by atoms with Crippen molar-refractivity contribution in [2.45, 2.75) is 13.1 Å². The Balaban J connectivity index is 1.34. The highest BCUT2D eigenvalue weighted by molar-refractivity contribution is 6.36. The molecule has 0 spiro atoms. The van der Waals surface area contributed by atoms with Gasteiger partial charge in [-0.25, -0.2) is 19.2 Å². The fraction of sp³-hybridized carbons (Fsp3) is 0.0800. The van der Waals surface area contributed by atoms with Crippen LogP contribution in [0.4, 0.5) is 33.7 Å². The topological polar surface area (TPSA) is 96.9 Å². The average molecular weight is 545 g/mol. The Labute approximate surface area is 217 Å². The number of imidazole rings is 1. The van der Waals surface area contributed by atoms with Gasteiger partial charge in [0.25, 0.3) is 0 Å². The molecule has 8 nitrogen and oxygen atoms in total. The average Bonchev–Trinajstić information content (AvgIpc) is 3.46. The molecule has 0 radical (unpaired) electrons. The van der Waals surface area contributed by atoms with Crippen LogP contribution in [0.5, 0.6) is 11.5 Å². The summed E-state index contributed by atoms with van der Waals surface area (Å²) in [6, 6.07) is 7.38. The van der Waals surface area contributed by atoms with Gasteiger partial charge in [0.15, 0.2) is 0 Å². The molecule has 38 heavy (non-hydrogen) atoms. The van der Waals surface area contributed by atoms with Crippen LogP contribution < -0.4 is 15.4 Å². The number of aryl methyl sites for hydroxylation is 1. The summed E-state index contributed by atoms with van der Waals surface area (Å²) in [7, 11) is 0. The quantitative estimate of drug-likeness (QED) is 0.202. The Morgan fingerprint density at radius 1 is 1.11 bits per heavy atom. The Bertz CT molecular complexity index is 1660. The van der Waals surface area contributed by atoms with Gasteiger partial charge in [-0.3, -0.25) is 0 Å². The normalized spacial score (nSPS) is 11.5. The highest BCUT2D eigenvalue weighted by Gasteiger charge is 2.31. The maximum absolute atomic E-state index is 14.8. The van der Waals surface area contributed by atoms with E-state index in [-0.39, 0.29) is 22.8 Å². The minimum atomic E-state index is -4.66. The van der Waals surface area contributed by atoms with Gasteiger partial charge in [-0.2, -0.15) is 13.2 Å². The highest BCUT2D eigenvalue weighted by atomic mass is 35.5. The molecule has 0 saturated carbocycles. The highest BCUT2D eigenvalue weighted by Crippen LogP contribution is 2.35. The van der Waals surface area contributed by atoms with Gasteiger partial charge in [0, 0.05) is 36.0 Å². The predicted octanol–water partition coefficient (Wildman–Crippen LogP) is 7.30. The van der Waals surface area contributed by atoms with E-state index < -0.39 is 23.6 Å². The summed E-state index contributed by atoms with van der Waals surface area (Å²) in [6.07, 6.45) is 1.27. The van der Waals surface area contributed by atoms with Crippen LogP contribution in [0, 0.1) is 12.7 Å². The zero-order valence-corrected chi connectivity index (χ0v) is 20.2. The number of nitrogens with one attached hydrogen (secondary N) is 3. The number of aromatic amines is 1. The first kappa shape index (κ1) is 25.1. The molecule has 3 heterocycles. The van der Waals surface area contributed by atoms with E-state index in [1.54, 1.807) is 25.4 Å². The molecule has 3 N–H and O–H groups in total. The van der Waals surface area contributed by atoms with Crippen molar-refractivity contribution in [1.29, 1.82) is 0 Å². The number of H-pyrrole nitrogens is 1. The summed E-state index contributed by atoms with van der Waals surface area (Å²) in [4.78, 5) is 23.6. The van der Waals surface area contributed by atoms with Crippen molar-refractivity contribution in [3.63, 3.8) is 0 Å². The number of urea groups is 1. The lowest BCUT2D eigenvalue weighted by Crippen LogP contribution is -2.20. The first-order valence-electron chi connectivity index (χ1n) is 11.0. The number of halogens is 5. The van der Waals surface area contributed by atoms with Crippen LogP contribution in [0.3, 0.4) is 0 Å². The molecule has 0 aliphatic heterocycles. The summed E-state index contributed by atoms with van der Waals surface area (Å²) in [5, 5.41) is 5.50. The minimum absolute atomic E-state index is 0.122. The number of anilines is 2. The molecule has 5 aromatic rings. The lowest BCUT2D eigenvalue weighted by molar-refractivity contribution is -0.137. The number of hydrogen-bond donors (Lipinski definition) is 3. The Morgan fingerprint density at radius 3 is 2.63 bits per heavy atom. The summed E-state index contributed by atoms with van der Waals surface area (Å²) < 4.78 is 62.3. The molecule has 0 atom stereocenters. The smallest absolute Gasteiger partial charge is 0.416 e. The van der Waals surface area contributed by atoms with Crippen molar-refractivity contribution in [3.05, 3.63) is 89.5 Å². The van der Waals surface area contributed by atoms with E-state index >= 15 is 0 Å². The van der Waals surface area contributed by atoms with E-state index in [0.29, 0.717) is 27.5 Å². The number of alkyl halides is 3. The number of pyridine rings is 1. The number of carbonyl (C=O) groups excluding carboxylic acids is 1. The molecule has 0 fully saturated rings. The molecule has 2 amide bonds. The van der Waals surface area contributed by atoms with Gasteiger partial charge in [0.2, 0.25) is 0 Å². The third kappa shape index (κ3) is 5.25. The van der Waals surface area contributed by atoms with Gasteiger partial charge >= 0.3 is 12.2 Å². The van der Waals surface area contributed by atoms with E-state index in [4.69, 9.17) is 16.3 Å². The zero-order chi connectivity index (χ0) is 27.0. The largest absolute Gasteiger partial charge is 0.456 e. The number of benzene rings is 2.